The molecule has 0 amide bonds. The average Bonchev–Trinajstić information content (AvgIpc) is 2.47. The number of esters is 1. The van der Waals surface area contributed by atoms with Gasteiger partial charge in [0, 0.05) is 11.4 Å². The van der Waals surface area contributed by atoms with E-state index < -0.39 is 0 Å². The summed E-state index contributed by atoms with van der Waals surface area (Å²) < 4.78 is 4.97. The first kappa shape index (κ1) is 14.6. The summed E-state index contributed by atoms with van der Waals surface area (Å²) in [6.45, 7) is 2.25. The second-order valence-corrected chi connectivity index (χ2v) is 4.91. The van der Waals surface area contributed by atoms with Crippen molar-refractivity contribution in [2.24, 2.45) is 0 Å². The Morgan fingerprint density at radius 2 is 1.80 bits per heavy atom. The van der Waals surface area contributed by atoms with Crippen LogP contribution < -0.4 is 0 Å². The molecule has 0 saturated carbocycles. The standard InChI is InChI=1S/C17H17ClO2/c1-2-20-17(19)12-9-13-5-3-4-6-16(13)14-7-10-15(18)11-8-14/h3-8,10-11H,2,9,12H2,1H3. The lowest BCUT2D eigenvalue weighted by molar-refractivity contribution is -0.143. The number of halogens is 1. The quantitative estimate of drug-likeness (QED) is 0.757. The van der Waals surface area contributed by atoms with Crippen molar-refractivity contribution in [1.82, 2.24) is 0 Å². The summed E-state index contributed by atoms with van der Waals surface area (Å²) in [6, 6.07) is 15.8. The molecule has 2 aromatic rings. The molecule has 0 N–H and O–H groups in total. The number of carbonyl (C=O) groups excluding carboxylic acids is 1. The predicted molar refractivity (Wildman–Crippen MR) is 81.8 cm³/mol. The van der Waals surface area contributed by atoms with Gasteiger partial charge in [-0.25, -0.2) is 0 Å². The molecule has 0 fully saturated rings. The summed E-state index contributed by atoms with van der Waals surface area (Å²) in [6.07, 6.45) is 1.08. The number of hydrogen-bond acceptors (Lipinski definition) is 2. The van der Waals surface area contributed by atoms with E-state index in [-0.39, 0.29) is 5.97 Å². The third kappa shape index (κ3) is 3.84. The van der Waals surface area contributed by atoms with Gasteiger partial charge in [0.1, 0.15) is 0 Å². The van der Waals surface area contributed by atoms with Crippen LogP contribution in [0.2, 0.25) is 5.02 Å². The third-order valence-electron chi connectivity index (χ3n) is 3.08. The molecule has 2 aromatic carbocycles. The molecule has 0 saturated heterocycles. The zero-order chi connectivity index (χ0) is 14.4. The van der Waals surface area contributed by atoms with E-state index in [0.717, 1.165) is 21.7 Å². The fourth-order valence-corrected chi connectivity index (χ4v) is 2.25. The fraction of sp³-hybridized carbons (Fsp3) is 0.235. The molecule has 0 bridgehead atoms. The van der Waals surface area contributed by atoms with Crippen LogP contribution in [0.15, 0.2) is 48.5 Å². The van der Waals surface area contributed by atoms with Crippen molar-refractivity contribution in [1.29, 1.82) is 0 Å². The molecular weight excluding hydrogens is 272 g/mol. The Morgan fingerprint density at radius 1 is 1.10 bits per heavy atom. The van der Waals surface area contributed by atoms with Gasteiger partial charge in [-0.3, -0.25) is 4.79 Å². The van der Waals surface area contributed by atoms with Crippen LogP contribution in [0.4, 0.5) is 0 Å². The minimum absolute atomic E-state index is 0.154. The number of ether oxygens (including phenoxy) is 1. The summed E-state index contributed by atoms with van der Waals surface area (Å²) in [5.41, 5.74) is 3.38. The van der Waals surface area contributed by atoms with Crippen LogP contribution in [0.1, 0.15) is 18.9 Å². The van der Waals surface area contributed by atoms with Gasteiger partial charge in [-0.1, -0.05) is 48.0 Å². The smallest absolute Gasteiger partial charge is 0.306 e. The van der Waals surface area contributed by atoms with Crippen LogP contribution in [0.3, 0.4) is 0 Å². The zero-order valence-corrected chi connectivity index (χ0v) is 12.2. The highest BCUT2D eigenvalue weighted by Gasteiger charge is 2.08. The maximum absolute atomic E-state index is 11.5. The summed E-state index contributed by atoms with van der Waals surface area (Å²) in [7, 11) is 0. The fourth-order valence-electron chi connectivity index (χ4n) is 2.12. The number of aryl methyl sites for hydroxylation is 1. The first-order valence-electron chi connectivity index (χ1n) is 6.70. The SMILES string of the molecule is CCOC(=O)CCc1ccccc1-c1ccc(Cl)cc1. The second-order valence-electron chi connectivity index (χ2n) is 4.47. The lowest BCUT2D eigenvalue weighted by atomic mass is 9.97. The molecule has 0 aliphatic heterocycles. The van der Waals surface area contributed by atoms with Crippen LogP contribution in [0, 0.1) is 0 Å². The second kappa shape index (κ2) is 7.11. The molecule has 0 aromatic heterocycles. The first-order valence-corrected chi connectivity index (χ1v) is 7.08. The van der Waals surface area contributed by atoms with Crippen LogP contribution >= 0.6 is 11.6 Å². The maximum Gasteiger partial charge on any atom is 0.306 e. The Kier molecular flexibility index (Phi) is 5.19. The highest BCUT2D eigenvalue weighted by molar-refractivity contribution is 6.30. The van der Waals surface area contributed by atoms with Crippen molar-refractivity contribution >= 4 is 17.6 Å². The van der Waals surface area contributed by atoms with Gasteiger partial charge in [0.25, 0.3) is 0 Å². The highest BCUT2D eigenvalue weighted by atomic mass is 35.5. The molecule has 0 heterocycles. The molecule has 0 atom stereocenters. The molecule has 2 nitrogen and oxygen atoms in total. The monoisotopic (exact) mass is 288 g/mol. The average molecular weight is 289 g/mol. The number of benzene rings is 2. The molecule has 104 valence electrons. The lowest BCUT2D eigenvalue weighted by Crippen LogP contribution is -2.05. The molecule has 0 aliphatic rings. The van der Waals surface area contributed by atoms with E-state index in [9.17, 15) is 4.79 Å². The van der Waals surface area contributed by atoms with Crippen molar-refractivity contribution in [3.8, 4) is 11.1 Å². The van der Waals surface area contributed by atoms with E-state index in [1.165, 1.54) is 0 Å². The van der Waals surface area contributed by atoms with Gasteiger partial charge in [-0.05, 0) is 42.2 Å². The normalized spacial score (nSPS) is 10.3. The van der Waals surface area contributed by atoms with Crippen molar-refractivity contribution in [3.05, 3.63) is 59.1 Å². The van der Waals surface area contributed by atoms with E-state index >= 15 is 0 Å². The Bertz CT molecular complexity index is 576. The van der Waals surface area contributed by atoms with E-state index in [2.05, 4.69) is 6.07 Å². The van der Waals surface area contributed by atoms with Gasteiger partial charge in [0.15, 0.2) is 0 Å². The summed E-state index contributed by atoms with van der Waals surface area (Å²) in [4.78, 5) is 11.5. The maximum atomic E-state index is 11.5. The van der Waals surface area contributed by atoms with E-state index in [1.54, 1.807) is 0 Å². The highest BCUT2D eigenvalue weighted by Crippen LogP contribution is 2.26. The molecule has 2 rings (SSSR count). The van der Waals surface area contributed by atoms with Crippen molar-refractivity contribution < 1.29 is 9.53 Å². The van der Waals surface area contributed by atoms with Gasteiger partial charge in [0.05, 0.1) is 6.61 Å². The van der Waals surface area contributed by atoms with Gasteiger partial charge in [0.2, 0.25) is 0 Å². The largest absolute Gasteiger partial charge is 0.466 e. The topological polar surface area (TPSA) is 26.3 Å². The van der Waals surface area contributed by atoms with Crippen molar-refractivity contribution in [3.63, 3.8) is 0 Å². The summed E-state index contributed by atoms with van der Waals surface area (Å²) >= 11 is 5.92. The Labute approximate surface area is 124 Å². The van der Waals surface area contributed by atoms with E-state index in [1.807, 2.05) is 49.4 Å². The van der Waals surface area contributed by atoms with Gasteiger partial charge < -0.3 is 4.74 Å². The Morgan fingerprint density at radius 3 is 2.50 bits per heavy atom. The minimum atomic E-state index is -0.154. The van der Waals surface area contributed by atoms with Crippen LogP contribution in [-0.2, 0) is 16.0 Å². The number of hydrogen-bond donors (Lipinski definition) is 0. The van der Waals surface area contributed by atoms with Crippen molar-refractivity contribution in [2.75, 3.05) is 6.61 Å². The van der Waals surface area contributed by atoms with Gasteiger partial charge in [-0.2, -0.15) is 0 Å². The van der Waals surface area contributed by atoms with Gasteiger partial charge in [-0.15, -0.1) is 0 Å². The van der Waals surface area contributed by atoms with Crippen LogP contribution in [0.5, 0.6) is 0 Å². The van der Waals surface area contributed by atoms with E-state index in [4.69, 9.17) is 16.3 Å². The predicted octanol–water partition coefficient (Wildman–Crippen LogP) is 4.50. The summed E-state index contributed by atoms with van der Waals surface area (Å²) in [5.74, 6) is -0.154. The van der Waals surface area contributed by atoms with Crippen molar-refractivity contribution in [2.45, 2.75) is 19.8 Å². The molecule has 0 unspecified atom stereocenters. The van der Waals surface area contributed by atoms with Crippen LogP contribution in [0.25, 0.3) is 11.1 Å². The third-order valence-corrected chi connectivity index (χ3v) is 3.33. The first-order chi connectivity index (χ1) is 9.70. The zero-order valence-electron chi connectivity index (χ0n) is 11.4. The van der Waals surface area contributed by atoms with Crippen LogP contribution in [-0.4, -0.2) is 12.6 Å². The summed E-state index contributed by atoms with van der Waals surface area (Å²) in [5, 5.41) is 0.720. The number of rotatable bonds is 5. The Balaban J connectivity index is 2.18. The van der Waals surface area contributed by atoms with E-state index in [0.29, 0.717) is 19.4 Å². The molecule has 3 heteroatoms. The lowest BCUT2D eigenvalue weighted by Gasteiger charge is -2.09. The Hall–Kier alpha value is -1.80. The molecule has 20 heavy (non-hydrogen) atoms. The minimum Gasteiger partial charge on any atom is -0.466 e. The molecular formula is C17H17ClO2. The molecule has 0 spiro atoms. The molecule has 0 aliphatic carbocycles. The van der Waals surface area contributed by atoms with Gasteiger partial charge >= 0.3 is 5.97 Å². The number of carbonyl (C=O) groups is 1. The molecule has 0 radical (unpaired) electrons.